The Kier molecular flexibility index (Phi) is 3.00. The second kappa shape index (κ2) is 3.97. The zero-order chi connectivity index (χ0) is 12.8. The van der Waals surface area contributed by atoms with Crippen LogP contribution in [-0.2, 0) is 15.4 Å². The zero-order valence-electron chi connectivity index (χ0n) is 9.77. The number of hydrogen-bond donors (Lipinski definition) is 1. The van der Waals surface area contributed by atoms with Crippen LogP contribution in [0, 0.1) is 0 Å². The first kappa shape index (κ1) is 12.9. The van der Waals surface area contributed by atoms with Crippen molar-refractivity contribution >= 4 is 21.4 Å². The molecule has 1 aliphatic rings. The van der Waals surface area contributed by atoms with Crippen molar-refractivity contribution in [2.75, 3.05) is 0 Å². The summed E-state index contributed by atoms with van der Waals surface area (Å²) in [5.41, 5.74) is -0.414. The van der Waals surface area contributed by atoms with E-state index in [1.54, 1.807) is 19.9 Å². The molecule has 1 saturated carbocycles. The summed E-state index contributed by atoms with van der Waals surface area (Å²) in [4.78, 5) is 0.176. The van der Waals surface area contributed by atoms with E-state index in [2.05, 4.69) is 0 Å². The molecular weight excluding hydrogens is 260 g/mol. The van der Waals surface area contributed by atoms with E-state index in [0.717, 1.165) is 0 Å². The molecule has 0 amide bonds. The van der Waals surface area contributed by atoms with Gasteiger partial charge in [0, 0.05) is 0 Å². The quantitative estimate of drug-likeness (QED) is 0.921. The van der Waals surface area contributed by atoms with Gasteiger partial charge in [-0.05, 0) is 44.4 Å². The van der Waals surface area contributed by atoms with Gasteiger partial charge in [-0.2, -0.15) is 0 Å². The highest BCUT2D eigenvalue weighted by Gasteiger charge is 2.38. The Morgan fingerprint density at radius 1 is 1.35 bits per heavy atom. The molecule has 0 heterocycles. The topological polar surface area (TPSA) is 54.4 Å². The third-order valence-corrected chi connectivity index (χ3v) is 5.65. The van der Waals surface area contributed by atoms with Crippen LogP contribution in [0.5, 0.6) is 0 Å². The minimum Gasteiger partial charge on any atom is -0.386 e. The maximum absolute atomic E-state index is 12.0. The first-order valence-electron chi connectivity index (χ1n) is 5.49. The van der Waals surface area contributed by atoms with Gasteiger partial charge in [-0.1, -0.05) is 17.7 Å². The number of halogens is 1. The van der Waals surface area contributed by atoms with Gasteiger partial charge in [0.1, 0.15) is 0 Å². The Morgan fingerprint density at radius 3 is 2.35 bits per heavy atom. The fourth-order valence-electron chi connectivity index (χ4n) is 1.67. The molecule has 0 atom stereocenters. The molecule has 1 fully saturated rings. The van der Waals surface area contributed by atoms with E-state index in [4.69, 9.17) is 11.6 Å². The summed E-state index contributed by atoms with van der Waals surface area (Å²) >= 11 is 6.00. The molecule has 3 nitrogen and oxygen atoms in total. The van der Waals surface area contributed by atoms with Gasteiger partial charge in [-0.3, -0.25) is 0 Å². The van der Waals surface area contributed by atoms with Crippen LogP contribution in [0.15, 0.2) is 23.1 Å². The maximum Gasteiger partial charge on any atom is 0.182 e. The minimum absolute atomic E-state index is 0.176. The molecule has 0 saturated heterocycles. The molecule has 0 unspecified atom stereocenters. The Balaban J connectivity index is 2.46. The largest absolute Gasteiger partial charge is 0.386 e. The van der Waals surface area contributed by atoms with Crippen molar-refractivity contribution in [3.63, 3.8) is 0 Å². The summed E-state index contributed by atoms with van der Waals surface area (Å²) in [6.45, 7) is 3.27. The fourth-order valence-corrected chi connectivity index (χ4v) is 3.88. The Labute approximate surface area is 106 Å². The number of benzene rings is 1. The molecule has 0 aliphatic heterocycles. The highest BCUT2D eigenvalue weighted by atomic mass is 35.5. The van der Waals surface area contributed by atoms with E-state index >= 15 is 0 Å². The van der Waals surface area contributed by atoms with Crippen molar-refractivity contribution in [3.8, 4) is 0 Å². The van der Waals surface area contributed by atoms with Crippen molar-refractivity contribution in [2.45, 2.75) is 42.4 Å². The van der Waals surface area contributed by atoms with Gasteiger partial charge in [-0.25, -0.2) is 8.42 Å². The van der Waals surface area contributed by atoms with Crippen molar-refractivity contribution < 1.29 is 13.5 Å². The van der Waals surface area contributed by atoms with Gasteiger partial charge >= 0.3 is 0 Å². The smallest absolute Gasteiger partial charge is 0.182 e. The maximum atomic E-state index is 12.0. The molecule has 0 spiro atoms. The summed E-state index contributed by atoms with van der Waals surface area (Å²) in [6, 6.07) is 4.63. The summed E-state index contributed by atoms with van der Waals surface area (Å²) in [7, 11) is -3.27. The molecule has 17 heavy (non-hydrogen) atoms. The predicted octanol–water partition coefficient (Wildman–Crippen LogP) is 2.50. The molecule has 1 aromatic carbocycles. The Bertz CT molecular complexity index is 539. The van der Waals surface area contributed by atoms with Crippen LogP contribution in [0.25, 0.3) is 0 Å². The first-order valence-corrected chi connectivity index (χ1v) is 7.41. The summed E-state index contributed by atoms with van der Waals surface area (Å²) in [5.74, 6) is 0. The van der Waals surface area contributed by atoms with Crippen LogP contribution in [0.1, 0.15) is 32.3 Å². The van der Waals surface area contributed by atoms with Crippen LogP contribution in [-0.4, -0.2) is 18.8 Å². The van der Waals surface area contributed by atoms with Crippen molar-refractivity contribution in [2.24, 2.45) is 0 Å². The molecule has 1 aromatic rings. The van der Waals surface area contributed by atoms with E-state index < -0.39 is 15.4 Å². The second-order valence-corrected chi connectivity index (χ2v) is 7.55. The molecule has 0 bridgehead atoms. The van der Waals surface area contributed by atoms with Crippen LogP contribution >= 0.6 is 11.6 Å². The lowest BCUT2D eigenvalue weighted by Crippen LogP contribution is -2.16. The lowest BCUT2D eigenvalue weighted by molar-refractivity contribution is 0.0785. The van der Waals surface area contributed by atoms with Gasteiger partial charge in [0.15, 0.2) is 9.84 Å². The lowest BCUT2D eigenvalue weighted by atomic mass is 9.99. The standard InChI is InChI=1S/C12H15ClO3S/c1-12(2,14)8-3-6-11(10(13)7-8)17(15,16)9-4-5-9/h3,6-7,9,14H,4-5H2,1-2H3. The van der Waals surface area contributed by atoms with Gasteiger partial charge < -0.3 is 5.11 Å². The van der Waals surface area contributed by atoms with Crippen LogP contribution in [0.4, 0.5) is 0 Å². The third kappa shape index (κ3) is 2.49. The van der Waals surface area contributed by atoms with Crippen LogP contribution in [0.2, 0.25) is 5.02 Å². The van der Waals surface area contributed by atoms with Gasteiger partial charge in [0.2, 0.25) is 0 Å². The molecule has 0 radical (unpaired) electrons. The molecular formula is C12H15ClO3S. The van der Waals surface area contributed by atoms with E-state index in [1.165, 1.54) is 12.1 Å². The first-order chi connectivity index (χ1) is 7.73. The fraction of sp³-hybridized carbons (Fsp3) is 0.500. The molecule has 1 aliphatic carbocycles. The van der Waals surface area contributed by atoms with Gasteiger partial charge in [-0.15, -0.1) is 0 Å². The van der Waals surface area contributed by atoms with Crippen molar-refractivity contribution in [1.82, 2.24) is 0 Å². The van der Waals surface area contributed by atoms with Crippen molar-refractivity contribution in [1.29, 1.82) is 0 Å². The van der Waals surface area contributed by atoms with Crippen LogP contribution in [0.3, 0.4) is 0 Å². The minimum atomic E-state index is -3.27. The Hall–Kier alpha value is -0.580. The summed E-state index contributed by atoms with van der Waals surface area (Å²) < 4.78 is 24.1. The average Bonchev–Trinajstić information content (AvgIpc) is 2.98. The molecule has 1 N–H and O–H groups in total. The number of sulfone groups is 1. The molecule has 0 aromatic heterocycles. The molecule has 5 heteroatoms. The number of hydrogen-bond acceptors (Lipinski definition) is 3. The molecule has 2 rings (SSSR count). The van der Waals surface area contributed by atoms with E-state index in [1.807, 2.05) is 0 Å². The zero-order valence-corrected chi connectivity index (χ0v) is 11.3. The predicted molar refractivity (Wildman–Crippen MR) is 66.9 cm³/mol. The normalized spacial score (nSPS) is 17.2. The Morgan fingerprint density at radius 2 is 1.94 bits per heavy atom. The summed E-state index contributed by atoms with van der Waals surface area (Å²) in [6.07, 6.45) is 1.43. The van der Waals surface area contributed by atoms with E-state index in [9.17, 15) is 13.5 Å². The number of rotatable bonds is 3. The highest BCUT2D eigenvalue weighted by molar-refractivity contribution is 7.92. The second-order valence-electron chi connectivity index (χ2n) is 4.95. The van der Waals surface area contributed by atoms with Crippen LogP contribution < -0.4 is 0 Å². The van der Waals surface area contributed by atoms with Gasteiger partial charge in [0.05, 0.1) is 20.8 Å². The number of aliphatic hydroxyl groups is 1. The van der Waals surface area contributed by atoms with Crippen molar-refractivity contribution in [3.05, 3.63) is 28.8 Å². The van der Waals surface area contributed by atoms with E-state index in [0.29, 0.717) is 18.4 Å². The van der Waals surface area contributed by atoms with E-state index in [-0.39, 0.29) is 15.2 Å². The van der Waals surface area contributed by atoms with Gasteiger partial charge in [0.25, 0.3) is 0 Å². The molecule has 94 valence electrons. The monoisotopic (exact) mass is 274 g/mol. The average molecular weight is 275 g/mol. The SMILES string of the molecule is CC(C)(O)c1ccc(S(=O)(=O)C2CC2)c(Cl)c1. The highest BCUT2D eigenvalue weighted by Crippen LogP contribution is 2.37. The summed E-state index contributed by atoms with van der Waals surface area (Å²) in [5, 5.41) is 9.74. The lowest BCUT2D eigenvalue weighted by Gasteiger charge is -2.18. The third-order valence-electron chi connectivity index (χ3n) is 2.91.